The van der Waals surface area contributed by atoms with Crippen LogP contribution in [0.4, 0.5) is 14.5 Å². The van der Waals surface area contributed by atoms with Crippen molar-refractivity contribution >= 4 is 29.3 Å². The van der Waals surface area contributed by atoms with Gasteiger partial charge in [0.15, 0.2) is 11.0 Å². The number of ether oxygens (including phenoxy) is 1. The van der Waals surface area contributed by atoms with E-state index >= 15 is 0 Å². The molecule has 2 amide bonds. The van der Waals surface area contributed by atoms with E-state index in [0.29, 0.717) is 34.7 Å². The van der Waals surface area contributed by atoms with Gasteiger partial charge >= 0.3 is 0 Å². The highest BCUT2D eigenvalue weighted by atomic mass is 32.2. The summed E-state index contributed by atoms with van der Waals surface area (Å²) in [5.74, 6) is -0.561. The molecule has 0 spiro atoms. The molecule has 0 fully saturated rings. The quantitative estimate of drug-likeness (QED) is 0.295. The normalized spacial score (nSPS) is 10.7. The molecule has 0 aliphatic carbocycles. The van der Waals surface area contributed by atoms with Crippen molar-refractivity contribution in [2.45, 2.75) is 18.6 Å². The molecule has 37 heavy (non-hydrogen) atoms. The van der Waals surface area contributed by atoms with Crippen LogP contribution in [0.15, 0.2) is 78.0 Å². The predicted octanol–water partition coefficient (Wildman–Crippen LogP) is 4.61. The molecular formula is C26H23F2N5O3S. The molecule has 190 valence electrons. The Bertz CT molecular complexity index is 1380. The van der Waals surface area contributed by atoms with Gasteiger partial charge in [0.25, 0.3) is 5.91 Å². The van der Waals surface area contributed by atoms with E-state index in [1.165, 1.54) is 42.5 Å². The minimum absolute atomic E-state index is 0.0118. The van der Waals surface area contributed by atoms with Gasteiger partial charge in [0.1, 0.15) is 17.4 Å². The smallest absolute Gasteiger partial charge is 0.251 e. The molecule has 0 bridgehead atoms. The Kier molecular flexibility index (Phi) is 8.47. The van der Waals surface area contributed by atoms with Gasteiger partial charge in [-0.2, -0.15) is 0 Å². The number of hydrogen-bond donors (Lipinski definition) is 2. The Morgan fingerprint density at radius 1 is 0.973 bits per heavy atom. The van der Waals surface area contributed by atoms with Gasteiger partial charge in [0, 0.05) is 16.9 Å². The van der Waals surface area contributed by atoms with E-state index in [-0.39, 0.29) is 23.8 Å². The molecule has 2 N–H and O–H groups in total. The lowest BCUT2D eigenvalue weighted by Crippen LogP contribution is -2.24. The van der Waals surface area contributed by atoms with Gasteiger partial charge in [-0.25, -0.2) is 8.78 Å². The summed E-state index contributed by atoms with van der Waals surface area (Å²) in [6, 6.07) is 18.1. The van der Waals surface area contributed by atoms with Crippen LogP contribution in [-0.2, 0) is 11.3 Å². The molecule has 11 heteroatoms. The second-order valence-corrected chi connectivity index (χ2v) is 8.64. The number of aromatic nitrogens is 3. The Morgan fingerprint density at radius 2 is 1.73 bits per heavy atom. The topological polar surface area (TPSA) is 98.1 Å². The van der Waals surface area contributed by atoms with Crippen LogP contribution in [0.1, 0.15) is 23.1 Å². The molecular weight excluding hydrogens is 500 g/mol. The van der Waals surface area contributed by atoms with E-state index in [1.54, 1.807) is 16.7 Å². The number of nitrogens with one attached hydrogen (secondary N) is 2. The van der Waals surface area contributed by atoms with Crippen molar-refractivity contribution in [1.29, 1.82) is 0 Å². The molecule has 0 radical (unpaired) electrons. The molecule has 0 saturated heterocycles. The first-order chi connectivity index (χ1) is 17.9. The van der Waals surface area contributed by atoms with E-state index in [2.05, 4.69) is 20.8 Å². The number of hydrogen-bond acceptors (Lipinski definition) is 6. The van der Waals surface area contributed by atoms with Gasteiger partial charge in [-0.05, 0) is 73.7 Å². The van der Waals surface area contributed by atoms with Crippen LogP contribution < -0.4 is 15.4 Å². The Morgan fingerprint density at radius 3 is 2.43 bits per heavy atom. The first kappa shape index (κ1) is 25.8. The number of anilines is 1. The third-order valence-corrected chi connectivity index (χ3v) is 5.99. The molecule has 0 aliphatic heterocycles. The van der Waals surface area contributed by atoms with Crippen LogP contribution in [0.25, 0.3) is 5.69 Å². The van der Waals surface area contributed by atoms with E-state index in [1.807, 2.05) is 19.1 Å². The molecule has 0 aliphatic rings. The lowest BCUT2D eigenvalue weighted by atomic mass is 10.2. The zero-order valence-electron chi connectivity index (χ0n) is 19.8. The summed E-state index contributed by atoms with van der Waals surface area (Å²) in [4.78, 5) is 25.0. The number of benzene rings is 3. The van der Waals surface area contributed by atoms with Gasteiger partial charge in [-0.15, -0.1) is 10.2 Å². The van der Waals surface area contributed by atoms with E-state index in [0.717, 1.165) is 17.8 Å². The fraction of sp³-hybridized carbons (Fsp3) is 0.154. The fourth-order valence-corrected chi connectivity index (χ4v) is 4.15. The fourth-order valence-electron chi connectivity index (χ4n) is 3.38. The molecule has 4 aromatic rings. The number of carbonyl (C=O) groups is 2. The SMILES string of the molecule is CCOc1ccc(-n2c(CNC(=O)c3cccc(F)c3)nnc2SCC(=O)Nc2ccc(F)cc2)cc1. The molecule has 3 aromatic carbocycles. The van der Waals surface area contributed by atoms with Gasteiger partial charge in [-0.3, -0.25) is 14.2 Å². The standard InChI is InChI=1S/C26H23F2N5O3S/c1-2-36-22-12-10-21(11-13-22)33-23(15-29-25(35)17-4-3-5-19(28)14-17)31-32-26(33)37-16-24(34)30-20-8-6-18(27)7-9-20/h3-14H,2,15-16H2,1H3,(H,29,35)(H,30,34). The van der Waals surface area contributed by atoms with Crippen molar-refractivity contribution in [3.05, 3.63) is 95.8 Å². The number of rotatable bonds is 10. The number of nitrogens with zero attached hydrogens (tertiary/aromatic N) is 3. The largest absolute Gasteiger partial charge is 0.494 e. The highest BCUT2D eigenvalue weighted by molar-refractivity contribution is 7.99. The molecule has 4 rings (SSSR count). The minimum Gasteiger partial charge on any atom is -0.494 e. The maximum absolute atomic E-state index is 13.5. The number of amides is 2. The summed E-state index contributed by atoms with van der Waals surface area (Å²) in [6.07, 6.45) is 0. The monoisotopic (exact) mass is 523 g/mol. The summed E-state index contributed by atoms with van der Waals surface area (Å²) in [7, 11) is 0. The zero-order chi connectivity index (χ0) is 26.2. The Hall–Kier alpha value is -4.25. The van der Waals surface area contributed by atoms with E-state index in [9.17, 15) is 18.4 Å². The summed E-state index contributed by atoms with van der Waals surface area (Å²) in [5, 5.41) is 14.3. The minimum atomic E-state index is -0.511. The van der Waals surface area contributed by atoms with Crippen LogP contribution >= 0.6 is 11.8 Å². The molecule has 0 unspecified atom stereocenters. The molecule has 1 aromatic heterocycles. The van der Waals surface area contributed by atoms with Crippen molar-refractivity contribution in [3.63, 3.8) is 0 Å². The lowest BCUT2D eigenvalue weighted by molar-refractivity contribution is -0.113. The van der Waals surface area contributed by atoms with Gasteiger partial charge in [0.2, 0.25) is 5.91 Å². The Balaban J connectivity index is 1.51. The maximum Gasteiger partial charge on any atom is 0.251 e. The first-order valence-electron chi connectivity index (χ1n) is 11.3. The molecule has 8 nitrogen and oxygen atoms in total. The average molecular weight is 524 g/mol. The van der Waals surface area contributed by atoms with Crippen molar-refractivity contribution in [3.8, 4) is 11.4 Å². The van der Waals surface area contributed by atoms with Gasteiger partial charge in [-0.1, -0.05) is 17.8 Å². The van der Waals surface area contributed by atoms with Crippen molar-refractivity contribution in [2.75, 3.05) is 17.7 Å². The molecule has 0 atom stereocenters. The van der Waals surface area contributed by atoms with E-state index in [4.69, 9.17) is 4.74 Å². The lowest BCUT2D eigenvalue weighted by Gasteiger charge is -2.12. The highest BCUT2D eigenvalue weighted by Gasteiger charge is 2.17. The van der Waals surface area contributed by atoms with E-state index < -0.39 is 17.5 Å². The highest BCUT2D eigenvalue weighted by Crippen LogP contribution is 2.24. The van der Waals surface area contributed by atoms with Crippen molar-refractivity contribution < 1.29 is 23.1 Å². The number of halogens is 2. The zero-order valence-corrected chi connectivity index (χ0v) is 20.6. The van der Waals surface area contributed by atoms with Gasteiger partial charge < -0.3 is 15.4 Å². The van der Waals surface area contributed by atoms with Gasteiger partial charge in [0.05, 0.1) is 18.9 Å². The first-order valence-corrected chi connectivity index (χ1v) is 12.3. The number of thioether (sulfide) groups is 1. The van der Waals surface area contributed by atoms with Crippen LogP contribution in [0.2, 0.25) is 0 Å². The molecule has 1 heterocycles. The average Bonchev–Trinajstić information content (AvgIpc) is 3.31. The van der Waals surface area contributed by atoms with Crippen molar-refractivity contribution in [2.24, 2.45) is 0 Å². The second kappa shape index (κ2) is 12.1. The van der Waals surface area contributed by atoms with Crippen LogP contribution in [-0.4, -0.2) is 38.9 Å². The molecule has 0 saturated carbocycles. The van der Waals surface area contributed by atoms with Crippen LogP contribution in [0.3, 0.4) is 0 Å². The summed E-state index contributed by atoms with van der Waals surface area (Å²) < 4.78 is 33.8. The van der Waals surface area contributed by atoms with Crippen molar-refractivity contribution in [1.82, 2.24) is 20.1 Å². The Labute approximate surface area is 216 Å². The van der Waals surface area contributed by atoms with Crippen LogP contribution in [0, 0.1) is 11.6 Å². The summed E-state index contributed by atoms with van der Waals surface area (Å²) in [6.45, 7) is 2.42. The predicted molar refractivity (Wildman–Crippen MR) is 136 cm³/mol. The summed E-state index contributed by atoms with van der Waals surface area (Å²) >= 11 is 1.15. The maximum atomic E-state index is 13.5. The number of carbonyl (C=O) groups excluding carboxylic acids is 2. The van der Waals surface area contributed by atoms with Crippen LogP contribution in [0.5, 0.6) is 5.75 Å². The third-order valence-electron chi connectivity index (χ3n) is 5.06. The third kappa shape index (κ3) is 6.91. The second-order valence-electron chi connectivity index (χ2n) is 7.70. The summed E-state index contributed by atoms with van der Waals surface area (Å²) in [5.41, 5.74) is 1.35.